The van der Waals surface area contributed by atoms with Crippen LogP contribution in [0.2, 0.25) is 0 Å². The molecule has 4 heterocycles. The Balaban J connectivity index is 1.50. The maximum atomic E-state index is 12.6. The van der Waals surface area contributed by atoms with E-state index in [4.69, 9.17) is 24.4 Å². The highest BCUT2D eigenvalue weighted by Crippen LogP contribution is 2.30. The van der Waals surface area contributed by atoms with Gasteiger partial charge in [0.1, 0.15) is 11.6 Å². The Kier molecular flexibility index (Phi) is 6.10. The van der Waals surface area contributed by atoms with Gasteiger partial charge in [-0.2, -0.15) is 9.97 Å². The molecule has 5 rings (SSSR count). The number of anilines is 3. The highest BCUT2D eigenvalue weighted by molar-refractivity contribution is 5.94. The van der Waals surface area contributed by atoms with E-state index in [2.05, 4.69) is 29.0 Å². The molecule has 2 aromatic heterocycles. The zero-order chi connectivity index (χ0) is 22.1. The van der Waals surface area contributed by atoms with Crippen LogP contribution in [-0.4, -0.2) is 72.5 Å². The SMILES string of the molecule is CC1CN(c2nc(N3CCOCC3)c3ccc(NC(=O)C4CCCC4)nc3n2)CC(C)O1. The molecular weight excluding hydrogens is 408 g/mol. The Bertz CT molecular complexity index is 964. The molecule has 0 bridgehead atoms. The summed E-state index contributed by atoms with van der Waals surface area (Å²) in [5, 5.41) is 3.90. The van der Waals surface area contributed by atoms with Crippen molar-refractivity contribution in [2.45, 2.75) is 51.7 Å². The maximum Gasteiger partial charge on any atom is 0.229 e. The fourth-order valence-electron chi connectivity index (χ4n) is 4.97. The number of rotatable bonds is 4. The van der Waals surface area contributed by atoms with Crippen molar-refractivity contribution in [3.63, 3.8) is 0 Å². The van der Waals surface area contributed by atoms with Gasteiger partial charge in [-0.25, -0.2) is 4.98 Å². The van der Waals surface area contributed by atoms with Crippen LogP contribution in [0.4, 0.5) is 17.6 Å². The largest absolute Gasteiger partial charge is 0.378 e. The van der Waals surface area contributed by atoms with E-state index in [9.17, 15) is 4.79 Å². The Morgan fingerprint density at radius 2 is 1.72 bits per heavy atom. The van der Waals surface area contributed by atoms with Gasteiger partial charge in [0.15, 0.2) is 5.65 Å². The Hall–Kier alpha value is -2.52. The van der Waals surface area contributed by atoms with E-state index in [1.807, 2.05) is 12.1 Å². The first-order valence-corrected chi connectivity index (χ1v) is 11.8. The van der Waals surface area contributed by atoms with Crippen molar-refractivity contribution in [3.05, 3.63) is 12.1 Å². The summed E-state index contributed by atoms with van der Waals surface area (Å²) in [5.74, 6) is 2.24. The van der Waals surface area contributed by atoms with Gasteiger partial charge in [0.25, 0.3) is 0 Å². The summed E-state index contributed by atoms with van der Waals surface area (Å²) in [6.45, 7) is 8.52. The fourth-order valence-corrected chi connectivity index (χ4v) is 4.97. The molecule has 3 fully saturated rings. The van der Waals surface area contributed by atoms with Gasteiger partial charge in [-0.3, -0.25) is 4.79 Å². The van der Waals surface area contributed by atoms with Gasteiger partial charge in [0.05, 0.1) is 30.8 Å². The smallest absolute Gasteiger partial charge is 0.229 e. The van der Waals surface area contributed by atoms with Crippen LogP contribution >= 0.6 is 0 Å². The molecule has 3 aliphatic rings. The van der Waals surface area contributed by atoms with Crippen LogP contribution in [0.3, 0.4) is 0 Å². The first-order valence-electron chi connectivity index (χ1n) is 11.8. The van der Waals surface area contributed by atoms with Gasteiger partial charge < -0.3 is 24.6 Å². The third-order valence-electron chi connectivity index (χ3n) is 6.52. The van der Waals surface area contributed by atoms with Crippen molar-refractivity contribution >= 4 is 34.5 Å². The number of ether oxygens (including phenoxy) is 2. The normalized spacial score (nSPS) is 24.8. The molecule has 2 aromatic rings. The van der Waals surface area contributed by atoms with Crippen LogP contribution in [0.15, 0.2) is 12.1 Å². The summed E-state index contributed by atoms with van der Waals surface area (Å²) in [6, 6.07) is 3.84. The number of morpholine rings is 2. The topological polar surface area (TPSA) is 92.7 Å². The minimum Gasteiger partial charge on any atom is -0.378 e. The molecule has 2 atom stereocenters. The number of pyridine rings is 1. The number of hydrogen-bond donors (Lipinski definition) is 1. The zero-order valence-electron chi connectivity index (χ0n) is 18.9. The molecular formula is C23H32N6O3. The average Bonchev–Trinajstić information content (AvgIpc) is 3.33. The molecule has 32 heavy (non-hydrogen) atoms. The van der Waals surface area contributed by atoms with E-state index in [1.165, 1.54) is 0 Å². The standard InChI is InChI=1S/C23H32N6O3/c1-15-13-29(14-16(2)32-15)23-26-20-18(21(27-23)28-9-11-31-12-10-28)7-8-19(24-20)25-22(30)17-5-3-4-6-17/h7-8,15-17H,3-6,9-14H2,1-2H3,(H,24,25,26,27,30). The molecule has 9 nitrogen and oxygen atoms in total. The molecule has 0 spiro atoms. The monoisotopic (exact) mass is 440 g/mol. The van der Waals surface area contributed by atoms with E-state index in [1.54, 1.807) is 0 Å². The van der Waals surface area contributed by atoms with Crippen LogP contribution in [0.1, 0.15) is 39.5 Å². The Morgan fingerprint density at radius 3 is 2.44 bits per heavy atom. The second kappa shape index (κ2) is 9.15. The molecule has 9 heteroatoms. The number of fused-ring (bicyclic) bond motifs is 1. The quantitative estimate of drug-likeness (QED) is 0.776. The number of amides is 1. The predicted molar refractivity (Wildman–Crippen MR) is 123 cm³/mol. The minimum atomic E-state index is 0.0628. The highest BCUT2D eigenvalue weighted by atomic mass is 16.5. The van der Waals surface area contributed by atoms with E-state index < -0.39 is 0 Å². The van der Waals surface area contributed by atoms with Gasteiger partial charge in [-0.1, -0.05) is 12.8 Å². The van der Waals surface area contributed by atoms with Crippen molar-refractivity contribution in [3.8, 4) is 0 Å². The average molecular weight is 441 g/mol. The lowest BCUT2D eigenvalue weighted by atomic mass is 10.1. The number of nitrogens with zero attached hydrogens (tertiary/aromatic N) is 5. The molecule has 1 saturated carbocycles. The molecule has 2 unspecified atom stereocenters. The van der Waals surface area contributed by atoms with E-state index in [0.717, 1.165) is 63.1 Å². The van der Waals surface area contributed by atoms with E-state index in [0.29, 0.717) is 30.6 Å². The molecule has 2 aliphatic heterocycles. The van der Waals surface area contributed by atoms with Crippen LogP contribution in [-0.2, 0) is 14.3 Å². The third kappa shape index (κ3) is 4.49. The van der Waals surface area contributed by atoms with Crippen LogP contribution in [0.5, 0.6) is 0 Å². The summed E-state index contributed by atoms with van der Waals surface area (Å²) < 4.78 is 11.4. The van der Waals surface area contributed by atoms with E-state index in [-0.39, 0.29) is 24.0 Å². The van der Waals surface area contributed by atoms with Gasteiger partial charge in [0.2, 0.25) is 11.9 Å². The molecule has 1 N–H and O–H groups in total. The third-order valence-corrected chi connectivity index (χ3v) is 6.52. The van der Waals surface area contributed by atoms with Crippen molar-refractivity contribution in [2.75, 3.05) is 54.5 Å². The summed E-state index contributed by atoms with van der Waals surface area (Å²) in [7, 11) is 0. The van der Waals surface area contributed by atoms with Gasteiger partial charge in [0, 0.05) is 32.1 Å². The summed E-state index contributed by atoms with van der Waals surface area (Å²) >= 11 is 0. The molecule has 0 aromatic carbocycles. The summed E-state index contributed by atoms with van der Waals surface area (Å²) in [5.41, 5.74) is 0.604. The van der Waals surface area contributed by atoms with Gasteiger partial charge in [-0.15, -0.1) is 0 Å². The lowest BCUT2D eigenvalue weighted by Gasteiger charge is -2.36. The maximum absolute atomic E-state index is 12.6. The van der Waals surface area contributed by atoms with Crippen LogP contribution < -0.4 is 15.1 Å². The first-order chi connectivity index (χ1) is 15.6. The number of hydrogen-bond acceptors (Lipinski definition) is 8. The number of carbonyl (C=O) groups excluding carboxylic acids is 1. The second-order valence-electron chi connectivity index (χ2n) is 9.15. The highest BCUT2D eigenvalue weighted by Gasteiger charge is 2.27. The van der Waals surface area contributed by atoms with E-state index >= 15 is 0 Å². The number of nitrogens with one attached hydrogen (secondary N) is 1. The minimum absolute atomic E-state index is 0.0628. The van der Waals surface area contributed by atoms with Crippen molar-refractivity contribution in [1.29, 1.82) is 0 Å². The summed E-state index contributed by atoms with van der Waals surface area (Å²) in [6.07, 6.45) is 4.38. The summed E-state index contributed by atoms with van der Waals surface area (Å²) in [4.78, 5) is 31.6. The number of aromatic nitrogens is 3. The first kappa shape index (κ1) is 21.3. The zero-order valence-corrected chi connectivity index (χ0v) is 18.9. The number of carbonyl (C=O) groups is 1. The van der Waals surface area contributed by atoms with Crippen molar-refractivity contribution in [1.82, 2.24) is 15.0 Å². The molecule has 1 amide bonds. The lowest BCUT2D eigenvalue weighted by molar-refractivity contribution is -0.119. The van der Waals surface area contributed by atoms with Crippen LogP contribution in [0, 0.1) is 5.92 Å². The van der Waals surface area contributed by atoms with Gasteiger partial charge in [-0.05, 0) is 38.8 Å². The van der Waals surface area contributed by atoms with Gasteiger partial charge >= 0.3 is 0 Å². The van der Waals surface area contributed by atoms with Crippen molar-refractivity contribution < 1.29 is 14.3 Å². The van der Waals surface area contributed by atoms with Crippen molar-refractivity contribution in [2.24, 2.45) is 5.92 Å². The Morgan fingerprint density at radius 1 is 1.00 bits per heavy atom. The molecule has 1 aliphatic carbocycles. The Labute approximate surface area is 188 Å². The second-order valence-corrected chi connectivity index (χ2v) is 9.15. The van der Waals surface area contributed by atoms with Crippen LogP contribution in [0.25, 0.3) is 11.0 Å². The predicted octanol–water partition coefficient (Wildman–Crippen LogP) is 2.60. The molecule has 2 saturated heterocycles. The fraction of sp³-hybridized carbons (Fsp3) is 0.652. The molecule has 0 radical (unpaired) electrons. The lowest BCUT2D eigenvalue weighted by Crippen LogP contribution is -2.46. The molecule has 172 valence electrons.